The molecule has 0 saturated heterocycles. The number of methoxy groups -OCH3 is 1. The molecule has 2 atom stereocenters. The minimum Gasteiger partial charge on any atom is -0.469 e. The Morgan fingerprint density at radius 2 is 1.92 bits per heavy atom. The first-order valence-corrected chi connectivity index (χ1v) is 18.8. The lowest BCUT2D eigenvalue weighted by Crippen LogP contribution is -2.30. The van der Waals surface area contributed by atoms with Crippen LogP contribution >= 0.6 is 0 Å². The van der Waals surface area contributed by atoms with E-state index in [1.807, 2.05) is 0 Å². The van der Waals surface area contributed by atoms with Gasteiger partial charge in [-0.25, -0.2) is 31.3 Å². The number of H-pyrrole nitrogens is 1. The van der Waals surface area contributed by atoms with Crippen LogP contribution in [0.4, 0.5) is 13.2 Å². The highest BCUT2D eigenvalue weighted by Gasteiger charge is 2.38. The molecule has 4 bridgehead atoms. The Hall–Kier alpha value is -4.65. The third kappa shape index (κ3) is 7.33. The molecule has 2 unspecified atom stereocenters. The van der Waals surface area contributed by atoms with Crippen LogP contribution in [0.15, 0.2) is 54.7 Å². The van der Waals surface area contributed by atoms with Crippen LogP contribution < -0.4 is 4.74 Å². The molecule has 6 rings (SSSR count). The van der Waals surface area contributed by atoms with Crippen molar-refractivity contribution < 1.29 is 40.0 Å². The molecule has 1 N–H and O–H groups in total. The molecule has 0 fully saturated rings. The quantitative estimate of drug-likeness (QED) is 0.186. The maximum absolute atomic E-state index is 16.9. The molecule has 2 aromatic heterocycles. The van der Waals surface area contributed by atoms with Gasteiger partial charge in [0, 0.05) is 45.5 Å². The second-order valence-electron chi connectivity index (χ2n) is 14.4. The number of nitrogens with zero attached hydrogens (tertiary/aromatic N) is 3. The highest BCUT2D eigenvalue weighted by molar-refractivity contribution is 7.91. The van der Waals surface area contributed by atoms with Crippen molar-refractivity contribution in [2.45, 2.75) is 65.1 Å². The number of ether oxygens (including phenoxy) is 2. The third-order valence-corrected chi connectivity index (χ3v) is 11.8. The van der Waals surface area contributed by atoms with Crippen molar-refractivity contribution in [3.63, 3.8) is 0 Å². The summed E-state index contributed by atoms with van der Waals surface area (Å²) >= 11 is 0. The fraction of sp³-hybridized carbons (Fsp3) is 0.410. The number of halogens is 3. The number of rotatable bonds is 4. The van der Waals surface area contributed by atoms with E-state index in [4.69, 9.17) is 13.6 Å². The molecule has 3 aromatic carbocycles. The topological polar surface area (TPSA) is 116 Å². The predicted octanol–water partition coefficient (Wildman–Crippen LogP) is 8.00. The molecule has 0 saturated carbocycles. The van der Waals surface area contributed by atoms with Crippen molar-refractivity contribution in [2.75, 3.05) is 18.6 Å². The number of carbonyl (C=O) groups is 1. The fourth-order valence-electron chi connectivity index (χ4n) is 7.12. The number of nitrogens with one attached hydrogen (secondary N) is 1. The minimum atomic E-state index is -3.79. The Morgan fingerprint density at radius 1 is 1.13 bits per heavy atom. The number of sulfone groups is 1. The van der Waals surface area contributed by atoms with E-state index in [-0.39, 0.29) is 83.4 Å². The van der Waals surface area contributed by atoms with Crippen LogP contribution in [0.5, 0.6) is 11.5 Å². The number of hydrogen-bond donors (Lipinski definition) is 1. The molecule has 1 aliphatic heterocycles. The Morgan fingerprint density at radius 3 is 2.67 bits per heavy atom. The van der Waals surface area contributed by atoms with Crippen LogP contribution in [0.2, 0.25) is 0 Å². The van der Waals surface area contributed by atoms with Gasteiger partial charge >= 0.3 is 5.97 Å². The van der Waals surface area contributed by atoms with Crippen LogP contribution in [-0.4, -0.2) is 52.8 Å². The first-order chi connectivity index (χ1) is 25.8. The number of benzene rings is 3. The zero-order valence-corrected chi connectivity index (χ0v) is 30.5. The summed E-state index contributed by atoms with van der Waals surface area (Å²) in [5.74, 6) is -5.00. The molecule has 5 aromatic rings. The lowest BCUT2D eigenvalue weighted by atomic mass is 9.74. The Kier molecular flexibility index (Phi) is 8.98. The molecule has 3 heterocycles. The van der Waals surface area contributed by atoms with Crippen LogP contribution in [0.25, 0.3) is 22.3 Å². The summed E-state index contributed by atoms with van der Waals surface area (Å²) in [6.45, 7) is 2.08. The number of hydrogen-bond acceptors (Lipinski definition) is 7. The predicted molar refractivity (Wildman–Crippen MR) is 192 cm³/mol. The summed E-state index contributed by atoms with van der Waals surface area (Å²) in [6, 6.07) is 10.9. The van der Waals surface area contributed by atoms with Crippen molar-refractivity contribution in [3.05, 3.63) is 94.7 Å². The summed E-state index contributed by atoms with van der Waals surface area (Å²) in [7, 11) is -1.13. The summed E-state index contributed by atoms with van der Waals surface area (Å²) < 4.78 is 115. The molecular formula is C39H43F3N4O5S. The number of carbonyl (C=O) groups excluding carboxylic acids is 1. The number of aromatic amines is 1. The Labute approximate surface area is 305 Å². The van der Waals surface area contributed by atoms with Gasteiger partial charge < -0.3 is 14.5 Å². The van der Waals surface area contributed by atoms with E-state index in [0.717, 1.165) is 6.07 Å². The Bertz CT molecular complexity index is 2380. The zero-order chi connectivity index (χ0) is 40.1. The molecule has 0 radical (unpaired) electrons. The van der Waals surface area contributed by atoms with Gasteiger partial charge in [-0.3, -0.25) is 4.79 Å². The molecule has 13 heteroatoms. The molecule has 0 aliphatic carbocycles. The fourth-order valence-corrected chi connectivity index (χ4v) is 9.11. The second-order valence-corrected chi connectivity index (χ2v) is 16.6. The second kappa shape index (κ2) is 14.1. The molecule has 0 amide bonds. The van der Waals surface area contributed by atoms with Gasteiger partial charge in [-0.15, -0.1) is 0 Å². The van der Waals surface area contributed by atoms with Gasteiger partial charge in [-0.1, -0.05) is 45.4 Å². The van der Waals surface area contributed by atoms with Crippen molar-refractivity contribution in [1.29, 1.82) is 0 Å². The average molecular weight is 740 g/mol. The number of aromatic nitrogens is 4. The molecular weight excluding hydrogens is 694 g/mol. The zero-order valence-electron chi connectivity index (χ0n) is 32.6. The number of aryl methyl sites for hydroxylation is 2. The van der Waals surface area contributed by atoms with Crippen molar-refractivity contribution in [3.8, 4) is 22.9 Å². The first-order valence-electron chi connectivity index (χ1n) is 18.5. The highest BCUT2D eigenvalue weighted by atomic mass is 32.2. The van der Waals surface area contributed by atoms with E-state index in [2.05, 4.69) is 15.1 Å². The summed E-state index contributed by atoms with van der Waals surface area (Å²) in [6.07, 6.45) is 1.50. The van der Waals surface area contributed by atoms with Gasteiger partial charge in [0.1, 0.15) is 17.4 Å². The van der Waals surface area contributed by atoms with E-state index in [1.165, 1.54) is 55.2 Å². The lowest BCUT2D eigenvalue weighted by Gasteiger charge is -2.31. The molecule has 276 valence electrons. The smallest absolute Gasteiger partial charge is 0.308 e. The summed E-state index contributed by atoms with van der Waals surface area (Å²) in [5, 5.41) is 5.08. The van der Waals surface area contributed by atoms with Gasteiger partial charge in [0.25, 0.3) is 0 Å². The molecule has 1 aliphatic rings. The van der Waals surface area contributed by atoms with Gasteiger partial charge in [0.15, 0.2) is 33.1 Å². The van der Waals surface area contributed by atoms with Crippen LogP contribution in [0, 0.1) is 28.8 Å². The van der Waals surface area contributed by atoms with Crippen molar-refractivity contribution in [1.82, 2.24) is 19.7 Å². The number of fused-ring (bicyclic) bond motifs is 8. The van der Waals surface area contributed by atoms with Crippen molar-refractivity contribution >= 4 is 26.7 Å². The normalized spacial score (nSPS) is 20.7. The van der Waals surface area contributed by atoms with Crippen molar-refractivity contribution in [2.24, 2.45) is 18.4 Å². The highest BCUT2D eigenvalue weighted by Crippen LogP contribution is 2.42. The van der Waals surface area contributed by atoms with Crippen LogP contribution in [0.3, 0.4) is 0 Å². The molecule has 0 spiro atoms. The van der Waals surface area contributed by atoms with Gasteiger partial charge in [-0.05, 0) is 67.8 Å². The van der Waals surface area contributed by atoms with Gasteiger partial charge in [0.05, 0.1) is 35.5 Å². The van der Waals surface area contributed by atoms with Crippen LogP contribution in [-0.2, 0) is 44.7 Å². The van der Waals surface area contributed by atoms with E-state index >= 15 is 13.2 Å². The summed E-state index contributed by atoms with van der Waals surface area (Å²) in [5.41, 5.74) is -2.67. The average Bonchev–Trinajstić information content (AvgIpc) is 3.73. The van der Waals surface area contributed by atoms with Crippen LogP contribution in [0.1, 0.15) is 73.5 Å². The lowest BCUT2D eigenvalue weighted by molar-refractivity contribution is -0.144. The summed E-state index contributed by atoms with van der Waals surface area (Å²) in [4.78, 5) is 19.8. The van der Waals surface area contributed by atoms with Gasteiger partial charge in [0.2, 0.25) is 0 Å². The molecule has 9 nitrogen and oxygen atoms in total. The monoisotopic (exact) mass is 739 g/mol. The van der Waals surface area contributed by atoms with E-state index in [9.17, 15) is 13.2 Å². The molecule has 52 heavy (non-hydrogen) atoms. The SMILES string of the molecule is [2H]C([2H])([2H])C1(c2cccc(CC(C)C(=O)OC)c2F)CCCC(C)(C)CS(=O)(=O)CCc2c(c(F)cc3[nH]ccc23)Oc2ccc(F)c(c2)-c2nc1nn2C. The maximum atomic E-state index is 16.9. The number of esters is 1. The minimum absolute atomic E-state index is 0.0124. The largest absolute Gasteiger partial charge is 0.469 e. The Balaban J connectivity index is 1.58. The van der Waals surface area contributed by atoms with E-state index in [0.29, 0.717) is 16.5 Å². The maximum Gasteiger partial charge on any atom is 0.308 e. The van der Waals surface area contributed by atoms with E-state index in [1.54, 1.807) is 33.0 Å². The third-order valence-electron chi connectivity index (χ3n) is 9.76. The first kappa shape index (κ1) is 33.2. The standard InChI is InChI=1S/C39H43F3N4O5S/c1-23(36(47)50-6)19-24-9-7-10-29(33(24)42)39(4)16-8-15-38(2,3)22-52(48,49)18-14-27-26-13-17-43-32(26)21-31(41)34(27)51-25-11-12-30(40)28(20-25)35-44-37(39)45-46(35)5/h7,9-13,17,20-21,23,43H,8,14-16,18-19,22H2,1-6H3/i4D3. The van der Waals surface area contributed by atoms with Gasteiger partial charge in [-0.2, -0.15) is 5.10 Å². The van der Waals surface area contributed by atoms with E-state index < -0.39 is 56.9 Å².